The SMILES string of the molecule is Cl.Cl.NCC#Cc1ccccn1. The van der Waals surface area contributed by atoms with Crippen molar-refractivity contribution in [2.75, 3.05) is 6.54 Å². The molecule has 1 aromatic rings. The molecule has 0 atom stereocenters. The molecule has 0 radical (unpaired) electrons. The molecule has 0 spiro atoms. The van der Waals surface area contributed by atoms with Crippen molar-refractivity contribution in [3.05, 3.63) is 30.1 Å². The highest BCUT2D eigenvalue weighted by Gasteiger charge is 1.80. The van der Waals surface area contributed by atoms with E-state index in [0.29, 0.717) is 6.54 Å². The molecule has 0 amide bonds. The maximum atomic E-state index is 5.17. The van der Waals surface area contributed by atoms with Crippen molar-refractivity contribution < 1.29 is 0 Å². The quantitative estimate of drug-likeness (QED) is 0.647. The molecule has 0 aliphatic heterocycles. The molecule has 0 aromatic carbocycles. The summed E-state index contributed by atoms with van der Waals surface area (Å²) in [4.78, 5) is 3.99. The number of hydrogen-bond donors (Lipinski definition) is 1. The third kappa shape index (κ3) is 4.97. The van der Waals surface area contributed by atoms with Gasteiger partial charge in [-0.05, 0) is 18.1 Å². The first-order valence-electron chi connectivity index (χ1n) is 3.03. The maximum Gasteiger partial charge on any atom is 0.113 e. The van der Waals surface area contributed by atoms with E-state index in [-0.39, 0.29) is 24.8 Å². The molecule has 0 unspecified atom stereocenters. The lowest BCUT2D eigenvalue weighted by atomic mass is 10.3. The predicted molar refractivity (Wildman–Crippen MR) is 54.7 cm³/mol. The zero-order valence-electron chi connectivity index (χ0n) is 6.36. The van der Waals surface area contributed by atoms with E-state index < -0.39 is 0 Å². The van der Waals surface area contributed by atoms with Gasteiger partial charge in [0.05, 0.1) is 6.54 Å². The number of hydrogen-bond acceptors (Lipinski definition) is 2. The number of pyridine rings is 1. The topological polar surface area (TPSA) is 38.9 Å². The van der Waals surface area contributed by atoms with Gasteiger partial charge < -0.3 is 5.73 Å². The summed E-state index contributed by atoms with van der Waals surface area (Å²) in [7, 11) is 0. The maximum absolute atomic E-state index is 5.17. The van der Waals surface area contributed by atoms with Crippen LogP contribution in [0.4, 0.5) is 0 Å². The van der Waals surface area contributed by atoms with E-state index in [1.165, 1.54) is 0 Å². The van der Waals surface area contributed by atoms with Crippen LogP contribution in [0.1, 0.15) is 5.69 Å². The first-order valence-corrected chi connectivity index (χ1v) is 3.03. The summed E-state index contributed by atoms with van der Waals surface area (Å²) >= 11 is 0. The van der Waals surface area contributed by atoms with Gasteiger partial charge in [-0.1, -0.05) is 12.0 Å². The molecule has 1 aromatic heterocycles. The van der Waals surface area contributed by atoms with Gasteiger partial charge in [-0.25, -0.2) is 4.98 Å². The summed E-state index contributed by atoms with van der Waals surface area (Å²) in [5.74, 6) is 5.54. The normalized spacial score (nSPS) is 6.75. The first-order chi connectivity index (χ1) is 4.93. The van der Waals surface area contributed by atoms with Gasteiger partial charge in [-0.2, -0.15) is 0 Å². The number of nitrogens with two attached hydrogens (primary N) is 1. The molecule has 12 heavy (non-hydrogen) atoms. The number of aromatic nitrogens is 1. The van der Waals surface area contributed by atoms with Crippen molar-refractivity contribution in [3.63, 3.8) is 0 Å². The van der Waals surface area contributed by atoms with E-state index in [4.69, 9.17) is 5.73 Å². The van der Waals surface area contributed by atoms with E-state index in [2.05, 4.69) is 16.8 Å². The van der Waals surface area contributed by atoms with Crippen molar-refractivity contribution >= 4 is 24.8 Å². The minimum atomic E-state index is 0. The van der Waals surface area contributed by atoms with E-state index in [9.17, 15) is 0 Å². The standard InChI is InChI=1S/C8H8N2.2ClH/c9-6-3-5-8-4-1-2-7-10-8;;/h1-2,4,7H,6,9H2;2*1H. The molecule has 0 aliphatic carbocycles. The Morgan fingerprint density at radius 2 is 2.08 bits per heavy atom. The van der Waals surface area contributed by atoms with E-state index in [1.807, 2.05) is 18.2 Å². The third-order valence-corrected chi connectivity index (χ3v) is 0.983. The van der Waals surface area contributed by atoms with Crippen molar-refractivity contribution in [3.8, 4) is 11.8 Å². The summed E-state index contributed by atoms with van der Waals surface area (Å²) in [5, 5.41) is 0. The Morgan fingerprint density at radius 3 is 2.58 bits per heavy atom. The Kier molecular flexibility index (Phi) is 9.61. The molecule has 66 valence electrons. The summed E-state index contributed by atoms with van der Waals surface area (Å²) in [6.45, 7) is 0.385. The third-order valence-electron chi connectivity index (χ3n) is 0.983. The number of nitrogens with zero attached hydrogens (tertiary/aromatic N) is 1. The molecule has 0 bridgehead atoms. The van der Waals surface area contributed by atoms with E-state index >= 15 is 0 Å². The monoisotopic (exact) mass is 204 g/mol. The Morgan fingerprint density at radius 1 is 1.33 bits per heavy atom. The van der Waals surface area contributed by atoms with Crippen LogP contribution in [0.25, 0.3) is 0 Å². The van der Waals surface area contributed by atoms with Gasteiger partial charge in [0.1, 0.15) is 5.69 Å². The van der Waals surface area contributed by atoms with Crippen LogP contribution in [-0.4, -0.2) is 11.5 Å². The molecule has 1 rings (SSSR count). The fourth-order valence-corrected chi connectivity index (χ4v) is 0.578. The molecule has 0 aliphatic rings. The van der Waals surface area contributed by atoms with E-state index in [1.54, 1.807) is 6.20 Å². The van der Waals surface area contributed by atoms with Gasteiger partial charge in [-0.15, -0.1) is 24.8 Å². The van der Waals surface area contributed by atoms with Gasteiger partial charge in [0.2, 0.25) is 0 Å². The van der Waals surface area contributed by atoms with Gasteiger partial charge in [0.25, 0.3) is 0 Å². The summed E-state index contributed by atoms with van der Waals surface area (Å²) in [6, 6.07) is 5.60. The Bertz CT molecular complexity index is 251. The minimum Gasteiger partial charge on any atom is -0.320 e. The molecular formula is C8H10Cl2N2. The summed E-state index contributed by atoms with van der Waals surface area (Å²) < 4.78 is 0. The Hall–Kier alpha value is -0.750. The van der Waals surface area contributed by atoms with Crippen LogP contribution in [0.5, 0.6) is 0 Å². The Balaban J connectivity index is 0. The molecule has 2 nitrogen and oxygen atoms in total. The van der Waals surface area contributed by atoms with Crippen LogP contribution < -0.4 is 5.73 Å². The number of halogens is 2. The van der Waals surface area contributed by atoms with Gasteiger partial charge in [0.15, 0.2) is 0 Å². The van der Waals surface area contributed by atoms with Crippen LogP contribution in [0.3, 0.4) is 0 Å². The first kappa shape index (κ1) is 13.8. The highest BCUT2D eigenvalue weighted by molar-refractivity contribution is 5.85. The molecule has 4 heteroatoms. The van der Waals surface area contributed by atoms with E-state index in [0.717, 1.165) is 5.69 Å². The second-order valence-electron chi connectivity index (χ2n) is 1.72. The summed E-state index contributed by atoms with van der Waals surface area (Å²) in [6.07, 6.45) is 1.71. The van der Waals surface area contributed by atoms with Crippen molar-refractivity contribution in [2.24, 2.45) is 5.73 Å². The van der Waals surface area contributed by atoms with Crippen molar-refractivity contribution in [2.45, 2.75) is 0 Å². The zero-order valence-corrected chi connectivity index (χ0v) is 7.99. The highest BCUT2D eigenvalue weighted by Crippen LogP contribution is 1.87. The minimum absolute atomic E-state index is 0. The lowest BCUT2D eigenvalue weighted by Gasteiger charge is -1.83. The second-order valence-corrected chi connectivity index (χ2v) is 1.72. The smallest absolute Gasteiger partial charge is 0.113 e. The molecule has 1 heterocycles. The second kappa shape index (κ2) is 8.35. The fourth-order valence-electron chi connectivity index (χ4n) is 0.578. The molecule has 0 saturated heterocycles. The average Bonchev–Trinajstić information content (AvgIpc) is 2.03. The Labute approximate surface area is 84.4 Å². The van der Waals surface area contributed by atoms with Gasteiger partial charge in [-0.3, -0.25) is 0 Å². The van der Waals surface area contributed by atoms with Crippen molar-refractivity contribution in [1.82, 2.24) is 4.98 Å². The van der Waals surface area contributed by atoms with Crippen LogP contribution in [0, 0.1) is 11.8 Å². The molecule has 0 fully saturated rings. The lowest BCUT2D eigenvalue weighted by molar-refractivity contribution is 1.27. The van der Waals surface area contributed by atoms with Crippen LogP contribution >= 0.6 is 24.8 Å². The van der Waals surface area contributed by atoms with Crippen LogP contribution in [0.2, 0.25) is 0 Å². The summed E-state index contributed by atoms with van der Waals surface area (Å²) in [5.41, 5.74) is 5.95. The van der Waals surface area contributed by atoms with Gasteiger partial charge in [0, 0.05) is 6.20 Å². The van der Waals surface area contributed by atoms with Crippen LogP contribution in [0.15, 0.2) is 24.4 Å². The van der Waals surface area contributed by atoms with Crippen LogP contribution in [-0.2, 0) is 0 Å². The fraction of sp³-hybridized carbons (Fsp3) is 0.125. The molecular weight excluding hydrogens is 195 g/mol. The predicted octanol–water partition coefficient (Wildman–Crippen LogP) is 1.24. The lowest BCUT2D eigenvalue weighted by Crippen LogP contribution is -1.93. The largest absolute Gasteiger partial charge is 0.320 e. The molecule has 2 N–H and O–H groups in total. The average molecular weight is 205 g/mol. The number of rotatable bonds is 0. The molecule has 0 saturated carbocycles. The highest BCUT2D eigenvalue weighted by atomic mass is 35.5. The zero-order chi connectivity index (χ0) is 7.23. The van der Waals surface area contributed by atoms with Gasteiger partial charge >= 0.3 is 0 Å². The van der Waals surface area contributed by atoms with Crippen molar-refractivity contribution in [1.29, 1.82) is 0 Å².